The van der Waals surface area contributed by atoms with Crippen LogP contribution >= 0.6 is 0 Å². The number of hydrogen-bond acceptors (Lipinski definition) is 4. The van der Waals surface area contributed by atoms with E-state index in [0.29, 0.717) is 18.8 Å². The second-order valence-corrected chi connectivity index (χ2v) is 5.79. The molecule has 2 saturated heterocycles. The number of amides is 2. The molecule has 2 amide bonds. The molecule has 1 aromatic heterocycles. The normalized spacial score (nSPS) is 26.8. The van der Waals surface area contributed by atoms with Gasteiger partial charge in [0, 0.05) is 25.7 Å². The van der Waals surface area contributed by atoms with Crippen LogP contribution in [0.2, 0.25) is 0 Å². The zero-order valence-electron chi connectivity index (χ0n) is 11.6. The summed E-state index contributed by atoms with van der Waals surface area (Å²) in [6.45, 7) is 4.34. The Bertz CT molecular complexity index is 526. The molecule has 2 fully saturated rings. The molecule has 5 heteroatoms. The third kappa shape index (κ3) is 2.53. The molecule has 0 bridgehead atoms. The van der Waals surface area contributed by atoms with Crippen molar-refractivity contribution in [3.63, 3.8) is 0 Å². The molecule has 106 valence electrons. The summed E-state index contributed by atoms with van der Waals surface area (Å²) in [6.07, 6.45) is 3.96. The van der Waals surface area contributed by atoms with Gasteiger partial charge in [0.2, 0.25) is 11.8 Å². The zero-order chi connectivity index (χ0) is 14.1. The third-order valence-electron chi connectivity index (χ3n) is 4.16. The first kappa shape index (κ1) is 13.1. The smallest absolute Gasteiger partial charge is 0.234 e. The van der Waals surface area contributed by atoms with E-state index in [1.54, 1.807) is 6.20 Å². The van der Waals surface area contributed by atoms with Gasteiger partial charge >= 0.3 is 0 Å². The molecule has 0 saturated carbocycles. The van der Waals surface area contributed by atoms with Gasteiger partial charge in [0.1, 0.15) is 5.82 Å². The Morgan fingerprint density at radius 2 is 2.15 bits per heavy atom. The Morgan fingerprint density at radius 3 is 2.75 bits per heavy atom. The minimum atomic E-state index is -0.244. The number of imide groups is 1. The van der Waals surface area contributed by atoms with E-state index in [1.807, 2.05) is 12.1 Å². The molecular formula is C15H19N3O2. The standard InChI is InChI=1S/C15H19N3O2/c1-10-6-7-18(9-10)13-4-2-11(8-16-13)12-3-5-14(19)17-15(12)20/h2,4,8,10,12H,3,5-7,9H2,1H3,(H,17,19,20)/t10-,12-/m1/s1. The molecule has 3 rings (SSSR count). The fourth-order valence-corrected chi connectivity index (χ4v) is 2.95. The summed E-state index contributed by atoms with van der Waals surface area (Å²) >= 11 is 0. The molecule has 2 aliphatic heterocycles. The van der Waals surface area contributed by atoms with Crippen molar-refractivity contribution in [1.82, 2.24) is 10.3 Å². The lowest BCUT2D eigenvalue weighted by Crippen LogP contribution is -2.39. The number of nitrogens with zero attached hydrogens (tertiary/aromatic N) is 2. The van der Waals surface area contributed by atoms with Crippen molar-refractivity contribution in [3.8, 4) is 0 Å². The maximum Gasteiger partial charge on any atom is 0.234 e. The number of rotatable bonds is 2. The maximum atomic E-state index is 11.8. The largest absolute Gasteiger partial charge is 0.356 e. The van der Waals surface area contributed by atoms with Crippen molar-refractivity contribution in [1.29, 1.82) is 0 Å². The number of carbonyl (C=O) groups excluding carboxylic acids is 2. The average molecular weight is 273 g/mol. The number of piperidine rings is 1. The van der Waals surface area contributed by atoms with Gasteiger partial charge in [-0.2, -0.15) is 0 Å². The van der Waals surface area contributed by atoms with Crippen LogP contribution in [-0.2, 0) is 9.59 Å². The van der Waals surface area contributed by atoms with Gasteiger partial charge in [-0.05, 0) is 30.4 Å². The Hall–Kier alpha value is -1.91. The topological polar surface area (TPSA) is 62.3 Å². The van der Waals surface area contributed by atoms with E-state index in [-0.39, 0.29) is 17.7 Å². The molecule has 2 aliphatic rings. The van der Waals surface area contributed by atoms with Crippen LogP contribution in [0.25, 0.3) is 0 Å². The van der Waals surface area contributed by atoms with E-state index in [2.05, 4.69) is 22.1 Å². The van der Waals surface area contributed by atoms with Crippen molar-refractivity contribution in [3.05, 3.63) is 23.9 Å². The van der Waals surface area contributed by atoms with E-state index in [4.69, 9.17) is 0 Å². The summed E-state index contributed by atoms with van der Waals surface area (Å²) in [5.41, 5.74) is 0.894. The molecule has 1 aromatic rings. The summed E-state index contributed by atoms with van der Waals surface area (Å²) in [6, 6.07) is 3.95. The van der Waals surface area contributed by atoms with Gasteiger partial charge in [0.25, 0.3) is 0 Å². The van der Waals surface area contributed by atoms with Crippen LogP contribution in [0.1, 0.15) is 37.7 Å². The lowest BCUT2D eigenvalue weighted by Gasteiger charge is -2.22. The Kier molecular flexibility index (Phi) is 3.42. The lowest BCUT2D eigenvalue weighted by atomic mass is 9.92. The average Bonchev–Trinajstić information content (AvgIpc) is 2.86. The van der Waals surface area contributed by atoms with Gasteiger partial charge < -0.3 is 4.90 Å². The maximum absolute atomic E-state index is 11.8. The summed E-state index contributed by atoms with van der Waals surface area (Å²) in [7, 11) is 0. The third-order valence-corrected chi connectivity index (χ3v) is 4.16. The highest BCUT2D eigenvalue weighted by Gasteiger charge is 2.28. The Balaban J connectivity index is 1.73. The number of nitrogens with one attached hydrogen (secondary N) is 1. The van der Waals surface area contributed by atoms with Gasteiger partial charge in [-0.1, -0.05) is 13.0 Å². The molecule has 0 aromatic carbocycles. The predicted octanol–water partition coefficient (Wildman–Crippen LogP) is 1.45. The van der Waals surface area contributed by atoms with Crippen molar-refractivity contribution >= 4 is 17.6 Å². The van der Waals surface area contributed by atoms with Crippen molar-refractivity contribution in [2.24, 2.45) is 5.92 Å². The van der Waals surface area contributed by atoms with Crippen LogP contribution in [0.4, 0.5) is 5.82 Å². The number of carbonyl (C=O) groups is 2. The van der Waals surface area contributed by atoms with Gasteiger partial charge in [0.05, 0.1) is 5.92 Å². The molecule has 0 radical (unpaired) electrons. The van der Waals surface area contributed by atoms with Crippen molar-refractivity contribution < 1.29 is 9.59 Å². The second kappa shape index (κ2) is 5.23. The minimum absolute atomic E-state index is 0.179. The molecule has 20 heavy (non-hydrogen) atoms. The van der Waals surface area contributed by atoms with Gasteiger partial charge in [-0.3, -0.25) is 14.9 Å². The second-order valence-electron chi connectivity index (χ2n) is 5.79. The molecule has 0 unspecified atom stereocenters. The van der Waals surface area contributed by atoms with Crippen LogP contribution in [0, 0.1) is 5.92 Å². The predicted molar refractivity (Wildman–Crippen MR) is 75.4 cm³/mol. The minimum Gasteiger partial charge on any atom is -0.356 e. The van der Waals surface area contributed by atoms with Crippen LogP contribution in [-0.4, -0.2) is 29.9 Å². The van der Waals surface area contributed by atoms with Crippen LogP contribution in [0.3, 0.4) is 0 Å². The molecule has 5 nitrogen and oxygen atoms in total. The highest BCUT2D eigenvalue weighted by molar-refractivity contribution is 6.00. The van der Waals surface area contributed by atoms with Gasteiger partial charge in [-0.25, -0.2) is 4.98 Å². The van der Waals surface area contributed by atoms with E-state index < -0.39 is 0 Å². The molecule has 1 N–H and O–H groups in total. The van der Waals surface area contributed by atoms with Gasteiger partial charge in [-0.15, -0.1) is 0 Å². The fourth-order valence-electron chi connectivity index (χ4n) is 2.95. The van der Waals surface area contributed by atoms with E-state index in [1.165, 1.54) is 6.42 Å². The molecule has 0 spiro atoms. The summed E-state index contributed by atoms with van der Waals surface area (Å²) < 4.78 is 0. The van der Waals surface area contributed by atoms with Crippen molar-refractivity contribution in [2.75, 3.05) is 18.0 Å². The first-order valence-electron chi connectivity index (χ1n) is 7.18. The van der Waals surface area contributed by atoms with E-state index in [0.717, 1.165) is 24.5 Å². The summed E-state index contributed by atoms with van der Waals surface area (Å²) in [5.74, 6) is 1.07. The van der Waals surface area contributed by atoms with Gasteiger partial charge in [0.15, 0.2) is 0 Å². The van der Waals surface area contributed by atoms with E-state index >= 15 is 0 Å². The zero-order valence-corrected chi connectivity index (χ0v) is 11.6. The first-order valence-corrected chi connectivity index (χ1v) is 7.18. The first-order chi connectivity index (χ1) is 9.63. The fraction of sp³-hybridized carbons (Fsp3) is 0.533. The van der Waals surface area contributed by atoms with Crippen molar-refractivity contribution in [2.45, 2.75) is 32.1 Å². The molecule has 2 atom stereocenters. The number of anilines is 1. The van der Waals surface area contributed by atoms with Crippen LogP contribution < -0.4 is 10.2 Å². The highest BCUT2D eigenvalue weighted by atomic mass is 16.2. The lowest BCUT2D eigenvalue weighted by molar-refractivity contribution is -0.134. The SMILES string of the molecule is C[C@@H]1CCN(c2ccc([C@H]3CCC(=O)NC3=O)cn2)C1. The monoisotopic (exact) mass is 273 g/mol. The Labute approximate surface area is 118 Å². The van der Waals surface area contributed by atoms with Crippen LogP contribution in [0.15, 0.2) is 18.3 Å². The Morgan fingerprint density at radius 1 is 1.30 bits per heavy atom. The van der Waals surface area contributed by atoms with Crippen LogP contribution in [0.5, 0.6) is 0 Å². The molecular weight excluding hydrogens is 254 g/mol. The number of pyridine rings is 1. The summed E-state index contributed by atoms with van der Waals surface area (Å²) in [5, 5.41) is 2.39. The highest BCUT2D eigenvalue weighted by Crippen LogP contribution is 2.27. The molecule has 3 heterocycles. The molecule has 0 aliphatic carbocycles. The number of hydrogen-bond donors (Lipinski definition) is 1. The quantitative estimate of drug-likeness (QED) is 0.828. The summed E-state index contributed by atoms with van der Waals surface area (Å²) in [4.78, 5) is 29.7. The van der Waals surface area contributed by atoms with E-state index in [9.17, 15) is 9.59 Å². The number of aromatic nitrogens is 1.